The number of amides is 5. The molecule has 1 aliphatic heterocycles. The average Bonchev–Trinajstić information content (AvgIpc) is 3.13. The molecule has 14 heteroatoms. The fourth-order valence-corrected chi connectivity index (χ4v) is 6.44. The zero-order valence-corrected chi connectivity index (χ0v) is 33.4. The number of rotatable bonds is 19. The summed E-state index contributed by atoms with van der Waals surface area (Å²) in [7, 11) is 0. The summed E-state index contributed by atoms with van der Waals surface area (Å²) in [6.45, 7) is 10.9. The maximum absolute atomic E-state index is 14.1. The van der Waals surface area contributed by atoms with E-state index in [0.717, 1.165) is 11.1 Å². The Bertz CT molecular complexity index is 1530. The molecular weight excluding hydrogens is 701 g/mol. The molecule has 2 aromatic rings. The third-order valence-corrected chi connectivity index (χ3v) is 9.47. The minimum Gasteiger partial charge on any atom is -0.459 e. The number of benzene rings is 2. The normalized spacial score (nSPS) is 15.7. The van der Waals surface area contributed by atoms with Gasteiger partial charge in [-0.15, -0.1) is 0 Å². The Labute approximate surface area is 326 Å². The maximum Gasteiger partial charge on any atom is 0.326 e. The Hall–Kier alpha value is -4.53. The molecule has 0 saturated carbocycles. The van der Waals surface area contributed by atoms with Crippen molar-refractivity contribution in [1.82, 2.24) is 25.8 Å². The van der Waals surface area contributed by atoms with Crippen molar-refractivity contribution in [1.29, 1.82) is 0 Å². The molecule has 0 bridgehead atoms. The molecule has 1 saturated heterocycles. The molecule has 0 radical (unpaired) electrons. The van der Waals surface area contributed by atoms with Crippen LogP contribution in [0.15, 0.2) is 60.7 Å². The number of hydrogen-bond donors (Lipinski definition) is 6. The van der Waals surface area contributed by atoms with Gasteiger partial charge in [0.2, 0.25) is 17.7 Å². The van der Waals surface area contributed by atoms with Crippen molar-refractivity contribution in [2.75, 3.05) is 32.7 Å². The van der Waals surface area contributed by atoms with Crippen molar-refractivity contribution >= 4 is 29.7 Å². The van der Waals surface area contributed by atoms with Crippen molar-refractivity contribution in [3.8, 4) is 0 Å². The lowest BCUT2D eigenvalue weighted by molar-refractivity contribution is -0.164. The summed E-state index contributed by atoms with van der Waals surface area (Å²) in [5.74, 6) is -1.83. The van der Waals surface area contributed by atoms with E-state index in [-0.39, 0.29) is 63.7 Å². The lowest BCUT2D eigenvalue weighted by Gasteiger charge is -2.40. The second kappa shape index (κ2) is 21.5. The Kier molecular flexibility index (Phi) is 17.6. The van der Waals surface area contributed by atoms with Crippen molar-refractivity contribution in [3.05, 3.63) is 71.8 Å². The number of ether oxygens (including phenoxy) is 1. The van der Waals surface area contributed by atoms with Crippen LogP contribution in [0.1, 0.15) is 84.3 Å². The molecule has 5 amide bonds. The zero-order chi connectivity index (χ0) is 40.6. The van der Waals surface area contributed by atoms with E-state index in [1.54, 1.807) is 30.6 Å². The summed E-state index contributed by atoms with van der Waals surface area (Å²) in [5.41, 5.74) is 17.9. The Morgan fingerprint density at radius 1 is 0.800 bits per heavy atom. The number of likely N-dealkylation sites (tertiary alicyclic amines) is 1. The molecule has 55 heavy (non-hydrogen) atoms. The van der Waals surface area contributed by atoms with E-state index < -0.39 is 53.1 Å². The Morgan fingerprint density at radius 3 is 1.91 bits per heavy atom. The van der Waals surface area contributed by atoms with E-state index >= 15 is 0 Å². The van der Waals surface area contributed by atoms with Gasteiger partial charge in [0.1, 0.15) is 29.3 Å². The van der Waals surface area contributed by atoms with Gasteiger partial charge in [-0.2, -0.15) is 0 Å². The van der Waals surface area contributed by atoms with Gasteiger partial charge in [-0.1, -0.05) is 74.5 Å². The highest BCUT2D eigenvalue weighted by molar-refractivity contribution is 5.94. The summed E-state index contributed by atoms with van der Waals surface area (Å²) >= 11 is 0. The highest BCUT2D eigenvalue weighted by Crippen LogP contribution is 2.25. The molecule has 0 aliphatic carbocycles. The van der Waals surface area contributed by atoms with Crippen molar-refractivity contribution in [3.63, 3.8) is 0 Å². The van der Waals surface area contributed by atoms with Crippen molar-refractivity contribution in [2.45, 2.75) is 115 Å². The van der Waals surface area contributed by atoms with Gasteiger partial charge < -0.3 is 47.7 Å². The van der Waals surface area contributed by atoms with E-state index in [2.05, 4.69) is 16.0 Å². The van der Waals surface area contributed by atoms with Gasteiger partial charge in [0.05, 0.1) is 0 Å². The lowest BCUT2D eigenvalue weighted by Crippen LogP contribution is -2.61. The molecule has 1 heterocycles. The SMILES string of the molecule is CC(C)C[C@@H](NC(=O)[C@@H](Cc1ccccc1)NC(=O)N(CCN)Cc1ccccc1)C(=O)N[C@H](CCCCN)C(=O)N1CCC(N)(C(=O)OC(C)(C)C)CC1. The number of esters is 1. The quantitative estimate of drug-likeness (QED) is 0.0915. The fraction of sp³-hybridized carbons (Fsp3) is 0.585. The average molecular weight is 765 g/mol. The molecule has 14 nitrogen and oxygen atoms in total. The standard InChI is InChI=1S/C41H64N8O6/c1-29(2)26-33(35(50)45-32(18-12-13-21-42)37(52)48-23-19-41(44,20-24-48)38(53)55-40(3,4)5)46-36(51)34(27-30-14-8-6-9-15-30)47-39(54)49(25-22-43)28-31-16-10-7-11-17-31/h6-11,14-17,29,32-34H,12-13,18-28,42-44H2,1-5H3,(H,45,50)(H,46,51)(H,47,54)/t32-,33-,34-/m1/s1. The smallest absolute Gasteiger partial charge is 0.326 e. The fourth-order valence-electron chi connectivity index (χ4n) is 6.44. The molecule has 0 spiro atoms. The van der Waals surface area contributed by atoms with E-state index in [0.29, 0.717) is 32.4 Å². The number of urea groups is 1. The van der Waals surface area contributed by atoms with E-state index in [1.165, 1.54) is 0 Å². The minimum atomic E-state index is -1.22. The van der Waals surface area contributed by atoms with Crippen LogP contribution in [0.25, 0.3) is 0 Å². The van der Waals surface area contributed by atoms with Crippen LogP contribution in [-0.2, 0) is 36.9 Å². The molecule has 1 aliphatic rings. The largest absolute Gasteiger partial charge is 0.459 e. The van der Waals surface area contributed by atoms with Crippen LogP contribution in [0.2, 0.25) is 0 Å². The number of carbonyl (C=O) groups is 5. The van der Waals surface area contributed by atoms with Crippen LogP contribution >= 0.6 is 0 Å². The monoisotopic (exact) mass is 764 g/mol. The molecule has 2 aromatic carbocycles. The van der Waals surface area contributed by atoms with Crippen molar-refractivity contribution < 1.29 is 28.7 Å². The summed E-state index contributed by atoms with van der Waals surface area (Å²) in [5, 5.41) is 8.74. The molecule has 0 unspecified atom stereocenters. The van der Waals surface area contributed by atoms with E-state index in [9.17, 15) is 24.0 Å². The summed E-state index contributed by atoms with van der Waals surface area (Å²) in [6, 6.07) is 15.4. The second-order valence-corrected chi connectivity index (χ2v) is 15.9. The first kappa shape index (κ1) is 44.9. The van der Waals surface area contributed by atoms with Gasteiger partial charge in [-0.25, -0.2) is 4.79 Å². The molecule has 304 valence electrons. The first-order chi connectivity index (χ1) is 26.0. The molecule has 9 N–H and O–H groups in total. The van der Waals surface area contributed by atoms with Gasteiger partial charge in [0, 0.05) is 39.1 Å². The zero-order valence-electron chi connectivity index (χ0n) is 33.4. The minimum absolute atomic E-state index is 0.00292. The predicted molar refractivity (Wildman–Crippen MR) is 213 cm³/mol. The number of nitrogens with two attached hydrogens (primary N) is 3. The van der Waals surface area contributed by atoms with Crippen LogP contribution in [0, 0.1) is 5.92 Å². The first-order valence-electron chi connectivity index (χ1n) is 19.5. The number of nitrogens with zero attached hydrogens (tertiary/aromatic N) is 2. The molecule has 0 aromatic heterocycles. The lowest BCUT2D eigenvalue weighted by atomic mass is 9.88. The van der Waals surface area contributed by atoms with Crippen LogP contribution in [0.4, 0.5) is 4.79 Å². The number of hydrogen-bond acceptors (Lipinski definition) is 9. The Balaban J connectivity index is 1.79. The summed E-state index contributed by atoms with van der Waals surface area (Å²) in [4.78, 5) is 71.9. The summed E-state index contributed by atoms with van der Waals surface area (Å²) in [6.07, 6.45) is 2.48. The number of unbranched alkanes of at least 4 members (excludes halogenated alkanes) is 1. The maximum atomic E-state index is 14.1. The number of nitrogens with one attached hydrogen (secondary N) is 3. The van der Waals surface area contributed by atoms with Gasteiger partial charge in [0.15, 0.2) is 0 Å². The number of piperidine rings is 1. The number of carbonyl (C=O) groups excluding carboxylic acids is 5. The van der Waals surface area contributed by atoms with Crippen LogP contribution in [-0.4, -0.2) is 102 Å². The van der Waals surface area contributed by atoms with Crippen LogP contribution in [0.3, 0.4) is 0 Å². The van der Waals surface area contributed by atoms with E-state index in [4.69, 9.17) is 21.9 Å². The third-order valence-electron chi connectivity index (χ3n) is 9.47. The van der Waals surface area contributed by atoms with Gasteiger partial charge in [-0.05, 0) is 82.9 Å². The van der Waals surface area contributed by atoms with E-state index in [1.807, 2.05) is 74.5 Å². The Morgan fingerprint density at radius 2 is 1.36 bits per heavy atom. The molecule has 3 atom stereocenters. The topological polar surface area (TPSA) is 215 Å². The molecular formula is C41H64N8O6. The van der Waals surface area contributed by atoms with Gasteiger partial charge >= 0.3 is 12.0 Å². The second-order valence-electron chi connectivity index (χ2n) is 15.9. The highest BCUT2D eigenvalue weighted by atomic mass is 16.6. The van der Waals surface area contributed by atoms with Crippen LogP contribution < -0.4 is 33.2 Å². The first-order valence-corrected chi connectivity index (χ1v) is 19.5. The molecule has 1 fully saturated rings. The molecule has 3 rings (SSSR count). The third kappa shape index (κ3) is 14.9. The van der Waals surface area contributed by atoms with Crippen molar-refractivity contribution in [2.24, 2.45) is 23.1 Å². The summed E-state index contributed by atoms with van der Waals surface area (Å²) < 4.78 is 5.55. The van der Waals surface area contributed by atoms with Gasteiger partial charge in [0.25, 0.3) is 0 Å². The predicted octanol–water partition coefficient (Wildman–Crippen LogP) is 2.57. The highest BCUT2D eigenvalue weighted by Gasteiger charge is 2.43. The van der Waals surface area contributed by atoms with Crippen LogP contribution in [0.5, 0.6) is 0 Å². The van der Waals surface area contributed by atoms with Gasteiger partial charge in [-0.3, -0.25) is 19.2 Å².